The van der Waals surface area contributed by atoms with Crippen molar-refractivity contribution in [3.8, 4) is 11.5 Å². The molecule has 1 aliphatic rings. The zero-order valence-corrected chi connectivity index (χ0v) is 18.5. The van der Waals surface area contributed by atoms with Crippen LogP contribution in [0.3, 0.4) is 0 Å². The Hall–Kier alpha value is -3.12. The zero-order chi connectivity index (χ0) is 22.1. The van der Waals surface area contributed by atoms with E-state index in [9.17, 15) is 4.39 Å². The molecule has 2 aromatic carbocycles. The molecule has 0 bridgehead atoms. The monoisotopic (exact) mass is 433 g/mol. The molecule has 0 radical (unpaired) electrons. The van der Waals surface area contributed by atoms with Gasteiger partial charge in [-0.3, -0.25) is 4.98 Å². The van der Waals surface area contributed by atoms with Crippen molar-refractivity contribution in [2.45, 2.75) is 32.3 Å². The van der Waals surface area contributed by atoms with Crippen LogP contribution in [0, 0.1) is 12.7 Å². The number of pyridine rings is 1. The first-order valence-electron chi connectivity index (χ1n) is 11.2. The summed E-state index contributed by atoms with van der Waals surface area (Å²) >= 11 is 0. The van der Waals surface area contributed by atoms with E-state index >= 15 is 0 Å². The predicted molar refractivity (Wildman–Crippen MR) is 125 cm³/mol. The Bertz CT molecular complexity index is 1270. The molecule has 0 saturated heterocycles. The summed E-state index contributed by atoms with van der Waals surface area (Å²) in [6.07, 6.45) is 5.11. The van der Waals surface area contributed by atoms with Crippen molar-refractivity contribution < 1.29 is 13.9 Å². The third-order valence-electron chi connectivity index (χ3n) is 6.09. The molecular weight excluding hydrogens is 405 g/mol. The summed E-state index contributed by atoms with van der Waals surface area (Å²) in [5.74, 6) is 1.39. The van der Waals surface area contributed by atoms with Crippen LogP contribution in [0.2, 0.25) is 0 Å². The van der Waals surface area contributed by atoms with Gasteiger partial charge in [0.05, 0.1) is 5.52 Å². The van der Waals surface area contributed by atoms with Gasteiger partial charge in [-0.2, -0.15) is 0 Å². The first-order valence-corrected chi connectivity index (χ1v) is 11.2. The van der Waals surface area contributed by atoms with E-state index < -0.39 is 0 Å². The Labute approximate surface area is 187 Å². The van der Waals surface area contributed by atoms with Crippen molar-refractivity contribution in [2.24, 2.45) is 7.05 Å². The highest BCUT2D eigenvalue weighted by atomic mass is 19.1. The lowest BCUT2D eigenvalue weighted by Crippen LogP contribution is -2.38. The van der Waals surface area contributed by atoms with Crippen molar-refractivity contribution in [1.82, 2.24) is 14.9 Å². The van der Waals surface area contributed by atoms with Gasteiger partial charge in [0.25, 0.3) is 0 Å². The predicted octanol–water partition coefficient (Wildman–Crippen LogP) is 4.93. The van der Waals surface area contributed by atoms with Crippen molar-refractivity contribution in [3.05, 3.63) is 65.7 Å². The highest BCUT2D eigenvalue weighted by molar-refractivity contribution is 5.88. The Morgan fingerprint density at radius 2 is 2.03 bits per heavy atom. The van der Waals surface area contributed by atoms with Crippen LogP contribution in [0.25, 0.3) is 21.8 Å². The summed E-state index contributed by atoms with van der Waals surface area (Å²) in [7, 11) is 2.01. The molecule has 2 aromatic heterocycles. The lowest BCUT2D eigenvalue weighted by Gasteiger charge is -2.27. The first-order chi connectivity index (χ1) is 15.6. The SMILES string of the molecule is Cc1ccc2c3c(ccc2n1)OCC(CNCCCCc1cn(C)c2ccc(F)cc12)O3. The number of benzene rings is 2. The topological polar surface area (TPSA) is 48.3 Å². The van der Waals surface area contributed by atoms with Gasteiger partial charge in [-0.25, -0.2) is 4.39 Å². The molecule has 0 amide bonds. The first kappa shape index (κ1) is 20.8. The lowest BCUT2D eigenvalue weighted by molar-refractivity contribution is 0.0925. The molecular formula is C26H28FN3O2. The van der Waals surface area contributed by atoms with Gasteiger partial charge in [-0.15, -0.1) is 0 Å². The largest absolute Gasteiger partial charge is 0.486 e. The summed E-state index contributed by atoms with van der Waals surface area (Å²) in [5, 5.41) is 5.50. The van der Waals surface area contributed by atoms with Crippen LogP contribution in [0.15, 0.2) is 48.7 Å². The quantitative estimate of drug-likeness (QED) is 0.420. The van der Waals surface area contributed by atoms with E-state index in [1.54, 1.807) is 6.07 Å². The van der Waals surface area contributed by atoms with Crippen molar-refractivity contribution in [2.75, 3.05) is 19.7 Å². The number of nitrogens with one attached hydrogen (secondary N) is 1. The molecule has 0 saturated carbocycles. The maximum absolute atomic E-state index is 13.6. The standard InChI is InChI=1S/C26H28FN3O2/c1-17-6-8-21-23(29-17)9-11-25-26(21)32-20(16-31-25)14-28-12-4-3-5-18-15-30(2)24-10-7-19(27)13-22(18)24/h6-11,13,15,20,28H,3-5,12,14,16H2,1-2H3. The third-order valence-corrected chi connectivity index (χ3v) is 6.09. The highest BCUT2D eigenvalue weighted by Gasteiger charge is 2.23. The molecule has 4 aromatic rings. The number of hydrogen-bond donors (Lipinski definition) is 1. The number of ether oxygens (including phenoxy) is 2. The van der Waals surface area contributed by atoms with Crippen LogP contribution in [0.5, 0.6) is 11.5 Å². The molecule has 0 spiro atoms. The van der Waals surface area contributed by atoms with E-state index in [1.807, 2.05) is 38.2 Å². The molecule has 1 unspecified atom stereocenters. The maximum atomic E-state index is 13.6. The van der Waals surface area contributed by atoms with E-state index in [-0.39, 0.29) is 11.9 Å². The molecule has 6 heteroatoms. The molecule has 166 valence electrons. The third kappa shape index (κ3) is 4.15. The van der Waals surface area contributed by atoms with Gasteiger partial charge in [-0.05, 0) is 80.8 Å². The fraction of sp³-hybridized carbons (Fsp3) is 0.346. The minimum absolute atomic E-state index is 0.0320. The molecule has 5 nitrogen and oxygen atoms in total. The smallest absolute Gasteiger partial charge is 0.171 e. The van der Waals surface area contributed by atoms with Gasteiger partial charge in [0.15, 0.2) is 11.5 Å². The average Bonchev–Trinajstić information content (AvgIpc) is 3.10. The van der Waals surface area contributed by atoms with Crippen LogP contribution >= 0.6 is 0 Å². The molecule has 3 heterocycles. The van der Waals surface area contributed by atoms with Crippen molar-refractivity contribution in [1.29, 1.82) is 0 Å². The zero-order valence-electron chi connectivity index (χ0n) is 18.5. The molecule has 1 aliphatic heterocycles. The number of halogens is 1. The Morgan fingerprint density at radius 3 is 2.94 bits per heavy atom. The van der Waals surface area contributed by atoms with Gasteiger partial charge in [0, 0.05) is 41.8 Å². The number of rotatable bonds is 7. The number of unbranched alkanes of at least 4 members (excludes halogenated alkanes) is 1. The molecule has 0 aliphatic carbocycles. The number of nitrogens with zero attached hydrogens (tertiary/aromatic N) is 2. The number of aromatic nitrogens is 2. The van der Waals surface area contributed by atoms with Crippen LogP contribution in [0.4, 0.5) is 4.39 Å². The fourth-order valence-electron chi connectivity index (χ4n) is 4.45. The van der Waals surface area contributed by atoms with E-state index in [2.05, 4.69) is 27.1 Å². The summed E-state index contributed by atoms with van der Waals surface area (Å²) in [5.41, 5.74) is 4.20. The summed E-state index contributed by atoms with van der Waals surface area (Å²) < 4.78 is 27.9. The lowest BCUT2D eigenvalue weighted by atomic mass is 10.1. The summed E-state index contributed by atoms with van der Waals surface area (Å²) in [6.45, 7) is 4.16. The normalized spacial score (nSPS) is 15.5. The Morgan fingerprint density at radius 1 is 1.12 bits per heavy atom. The second kappa shape index (κ2) is 8.79. The molecule has 5 rings (SSSR count). The number of aryl methyl sites for hydroxylation is 3. The van der Waals surface area contributed by atoms with Gasteiger partial charge >= 0.3 is 0 Å². The van der Waals surface area contributed by atoms with Gasteiger partial charge < -0.3 is 19.4 Å². The minimum atomic E-state index is -0.179. The van der Waals surface area contributed by atoms with Crippen molar-refractivity contribution in [3.63, 3.8) is 0 Å². The maximum Gasteiger partial charge on any atom is 0.171 e. The van der Waals surface area contributed by atoms with E-state index in [0.717, 1.165) is 71.4 Å². The van der Waals surface area contributed by atoms with Gasteiger partial charge in [-0.1, -0.05) is 0 Å². The molecule has 1 N–H and O–H groups in total. The van der Waals surface area contributed by atoms with Crippen LogP contribution in [0.1, 0.15) is 24.1 Å². The average molecular weight is 434 g/mol. The highest BCUT2D eigenvalue weighted by Crippen LogP contribution is 2.38. The van der Waals surface area contributed by atoms with Crippen LogP contribution in [-0.4, -0.2) is 35.4 Å². The molecule has 32 heavy (non-hydrogen) atoms. The minimum Gasteiger partial charge on any atom is -0.486 e. The van der Waals surface area contributed by atoms with E-state index in [0.29, 0.717) is 6.61 Å². The Kier molecular flexibility index (Phi) is 5.70. The summed E-state index contributed by atoms with van der Waals surface area (Å²) in [6, 6.07) is 13.0. The van der Waals surface area contributed by atoms with Crippen LogP contribution in [-0.2, 0) is 13.5 Å². The summed E-state index contributed by atoms with van der Waals surface area (Å²) in [4.78, 5) is 4.58. The van der Waals surface area contributed by atoms with E-state index in [1.165, 1.54) is 11.6 Å². The van der Waals surface area contributed by atoms with Gasteiger partial charge in [0.1, 0.15) is 18.5 Å². The fourth-order valence-corrected chi connectivity index (χ4v) is 4.45. The van der Waals surface area contributed by atoms with Crippen molar-refractivity contribution >= 4 is 21.8 Å². The molecule has 0 fully saturated rings. The number of fused-ring (bicyclic) bond motifs is 4. The van der Waals surface area contributed by atoms with Crippen LogP contribution < -0.4 is 14.8 Å². The number of hydrogen-bond acceptors (Lipinski definition) is 4. The second-order valence-corrected chi connectivity index (χ2v) is 8.55. The van der Waals surface area contributed by atoms with Gasteiger partial charge in [0.2, 0.25) is 0 Å². The second-order valence-electron chi connectivity index (χ2n) is 8.55. The molecule has 1 atom stereocenters. The Balaban J connectivity index is 1.11. The van der Waals surface area contributed by atoms with E-state index in [4.69, 9.17) is 9.47 Å².